The number of benzene rings is 2. The number of carbonyl (C=O) groups is 1. The third-order valence-electron chi connectivity index (χ3n) is 3.21. The topological polar surface area (TPSA) is 78.0 Å². The zero-order valence-corrected chi connectivity index (χ0v) is 13.8. The second kappa shape index (κ2) is 6.62. The molecule has 0 atom stereocenters. The number of primary amides is 1. The van der Waals surface area contributed by atoms with Crippen LogP contribution in [0.4, 0.5) is 4.39 Å². The van der Waals surface area contributed by atoms with Gasteiger partial charge in [0.1, 0.15) is 5.82 Å². The number of rotatable bonds is 4. The molecular weight excluding hydrogens is 353 g/mol. The summed E-state index contributed by atoms with van der Waals surface area (Å²) in [6.45, 7) is 0. The second-order valence-corrected chi connectivity index (χ2v) is 6.31. The van der Waals surface area contributed by atoms with Crippen LogP contribution in [0.1, 0.15) is 0 Å². The molecule has 0 fully saturated rings. The van der Waals surface area contributed by atoms with Crippen LogP contribution in [0.5, 0.6) is 0 Å². The fourth-order valence-corrected chi connectivity index (χ4v) is 3.13. The number of nitrogens with two attached hydrogens (primary N) is 1. The maximum atomic E-state index is 13.6. The molecule has 0 spiro atoms. The molecule has 0 unspecified atom stereocenters. The summed E-state index contributed by atoms with van der Waals surface area (Å²) in [6, 6.07) is 10.3. The van der Waals surface area contributed by atoms with Gasteiger partial charge in [-0.25, -0.2) is 9.37 Å². The molecule has 2 aromatic carbocycles. The molecule has 5 nitrogen and oxygen atoms in total. The van der Waals surface area contributed by atoms with E-state index in [0.29, 0.717) is 21.6 Å². The first-order valence-corrected chi connectivity index (χ1v) is 8.21. The zero-order chi connectivity index (χ0) is 17.3. The van der Waals surface area contributed by atoms with Gasteiger partial charge in [0.2, 0.25) is 5.91 Å². The number of carbonyl (C=O) groups excluding carboxylic acids is 1. The maximum Gasteiger partial charge on any atom is 0.266 e. The summed E-state index contributed by atoms with van der Waals surface area (Å²) >= 11 is 6.95. The van der Waals surface area contributed by atoms with E-state index in [1.54, 1.807) is 24.3 Å². The first kappa shape index (κ1) is 16.5. The lowest BCUT2D eigenvalue weighted by Gasteiger charge is -2.13. The molecule has 8 heteroatoms. The molecule has 0 saturated carbocycles. The monoisotopic (exact) mass is 363 g/mol. The van der Waals surface area contributed by atoms with Crippen LogP contribution in [0.15, 0.2) is 52.4 Å². The summed E-state index contributed by atoms with van der Waals surface area (Å²) in [6.07, 6.45) is 0. The molecule has 0 aliphatic rings. The summed E-state index contributed by atoms with van der Waals surface area (Å²) in [5, 5.41) is 1.01. The lowest BCUT2D eigenvalue weighted by atomic mass is 10.2. The van der Waals surface area contributed by atoms with E-state index in [1.165, 1.54) is 22.8 Å². The largest absolute Gasteiger partial charge is 0.369 e. The van der Waals surface area contributed by atoms with Crippen molar-refractivity contribution >= 4 is 40.2 Å². The second-order valence-electron chi connectivity index (χ2n) is 4.93. The number of hydrogen-bond donors (Lipinski definition) is 1. The van der Waals surface area contributed by atoms with E-state index in [2.05, 4.69) is 4.98 Å². The quantitative estimate of drug-likeness (QED) is 0.571. The highest BCUT2D eigenvalue weighted by Crippen LogP contribution is 2.23. The van der Waals surface area contributed by atoms with Gasteiger partial charge < -0.3 is 5.73 Å². The van der Waals surface area contributed by atoms with Crippen molar-refractivity contribution in [3.05, 3.63) is 63.7 Å². The van der Waals surface area contributed by atoms with Gasteiger partial charge in [-0.3, -0.25) is 14.2 Å². The molecule has 1 aromatic heterocycles. The van der Waals surface area contributed by atoms with Crippen LogP contribution < -0.4 is 11.3 Å². The normalized spacial score (nSPS) is 10.9. The number of fused-ring (bicyclic) bond motifs is 1. The summed E-state index contributed by atoms with van der Waals surface area (Å²) in [5.74, 6) is -1.10. The number of thioether (sulfide) groups is 1. The minimum Gasteiger partial charge on any atom is -0.369 e. The van der Waals surface area contributed by atoms with Gasteiger partial charge in [-0.05, 0) is 36.4 Å². The van der Waals surface area contributed by atoms with Gasteiger partial charge in [0.15, 0.2) is 5.16 Å². The molecule has 0 aliphatic carbocycles. The van der Waals surface area contributed by atoms with Gasteiger partial charge in [0.25, 0.3) is 5.56 Å². The van der Waals surface area contributed by atoms with E-state index in [-0.39, 0.29) is 16.5 Å². The van der Waals surface area contributed by atoms with E-state index in [9.17, 15) is 14.0 Å². The summed E-state index contributed by atoms with van der Waals surface area (Å²) in [7, 11) is 0. The predicted molar refractivity (Wildman–Crippen MR) is 92.2 cm³/mol. The summed E-state index contributed by atoms with van der Waals surface area (Å²) in [5.41, 5.74) is 5.50. The van der Waals surface area contributed by atoms with Crippen molar-refractivity contribution in [1.82, 2.24) is 9.55 Å². The lowest BCUT2D eigenvalue weighted by molar-refractivity contribution is -0.115. The molecule has 0 aliphatic heterocycles. The Hall–Kier alpha value is -2.38. The van der Waals surface area contributed by atoms with Gasteiger partial charge in [0, 0.05) is 5.02 Å². The Morgan fingerprint density at radius 3 is 2.79 bits per heavy atom. The molecule has 3 rings (SSSR count). The van der Waals surface area contributed by atoms with E-state index in [4.69, 9.17) is 17.3 Å². The highest BCUT2D eigenvalue weighted by atomic mass is 35.5. The Morgan fingerprint density at radius 1 is 1.29 bits per heavy atom. The molecule has 3 aromatic rings. The molecule has 24 heavy (non-hydrogen) atoms. The van der Waals surface area contributed by atoms with Crippen LogP contribution in [-0.2, 0) is 4.79 Å². The van der Waals surface area contributed by atoms with Crippen LogP contribution in [0.3, 0.4) is 0 Å². The van der Waals surface area contributed by atoms with Crippen molar-refractivity contribution in [3.63, 3.8) is 0 Å². The van der Waals surface area contributed by atoms with Crippen LogP contribution in [0, 0.1) is 5.82 Å². The Bertz CT molecular complexity index is 1010. The van der Waals surface area contributed by atoms with Gasteiger partial charge in [-0.1, -0.05) is 29.4 Å². The van der Waals surface area contributed by atoms with Crippen LogP contribution >= 0.6 is 23.4 Å². The molecular formula is C16H11ClFN3O2S. The minimum atomic E-state index is -0.550. The molecule has 2 N–H and O–H groups in total. The first-order chi connectivity index (χ1) is 11.5. The fourth-order valence-electron chi connectivity index (χ4n) is 2.21. The van der Waals surface area contributed by atoms with Crippen LogP contribution in [0.2, 0.25) is 5.02 Å². The highest BCUT2D eigenvalue weighted by molar-refractivity contribution is 7.99. The van der Waals surface area contributed by atoms with Crippen molar-refractivity contribution < 1.29 is 9.18 Å². The highest BCUT2D eigenvalue weighted by Gasteiger charge is 2.15. The number of hydrogen-bond acceptors (Lipinski definition) is 4. The molecule has 1 amide bonds. The maximum absolute atomic E-state index is 13.6. The van der Waals surface area contributed by atoms with Crippen LogP contribution in [0.25, 0.3) is 16.6 Å². The molecule has 122 valence electrons. The smallest absolute Gasteiger partial charge is 0.266 e. The van der Waals surface area contributed by atoms with Gasteiger partial charge in [0.05, 0.1) is 22.3 Å². The van der Waals surface area contributed by atoms with Crippen molar-refractivity contribution in [2.75, 3.05) is 5.75 Å². The van der Waals surface area contributed by atoms with Gasteiger partial charge >= 0.3 is 0 Å². The van der Waals surface area contributed by atoms with Crippen molar-refractivity contribution in [1.29, 1.82) is 0 Å². The van der Waals surface area contributed by atoms with E-state index >= 15 is 0 Å². The predicted octanol–water partition coefficient (Wildman–Crippen LogP) is 2.76. The third kappa shape index (κ3) is 3.27. The number of halogens is 2. The Kier molecular flexibility index (Phi) is 4.55. The average molecular weight is 364 g/mol. The number of amides is 1. The Labute approximate surface area is 145 Å². The fraction of sp³-hybridized carbons (Fsp3) is 0.0625. The first-order valence-electron chi connectivity index (χ1n) is 6.85. The van der Waals surface area contributed by atoms with E-state index < -0.39 is 11.7 Å². The van der Waals surface area contributed by atoms with Crippen molar-refractivity contribution in [2.45, 2.75) is 5.16 Å². The van der Waals surface area contributed by atoms with Crippen LogP contribution in [-0.4, -0.2) is 21.2 Å². The molecule has 0 saturated heterocycles. The van der Waals surface area contributed by atoms with E-state index in [1.807, 2.05) is 0 Å². The van der Waals surface area contributed by atoms with Crippen molar-refractivity contribution in [3.8, 4) is 5.69 Å². The Morgan fingerprint density at radius 2 is 2.08 bits per heavy atom. The number of nitrogens with zero attached hydrogens (tertiary/aromatic N) is 2. The zero-order valence-electron chi connectivity index (χ0n) is 12.2. The number of aromatic nitrogens is 2. The molecule has 0 bridgehead atoms. The average Bonchev–Trinajstić information content (AvgIpc) is 2.52. The third-order valence-corrected chi connectivity index (χ3v) is 4.41. The van der Waals surface area contributed by atoms with E-state index in [0.717, 1.165) is 11.8 Å². The van der Waals surface area contributed by atoms with Crippen molar-refractivity contribution in [2.24, 2.45) is 5.73 Å². The lowest BCUT2D eigenvalue weighted by Crippen LogP contribution is -2.23. The van der Waals surface area contributed by atoms with Gasteiger partial charge in [-0.2, -0.15) is 0 Å². The SMILES string of the molecule is NC(=O)CSc1nc2cc(Cl)ccc2c(=O)n1-c1cccc(F)c1. The molecule has 0 radical (unpaired) electrons. The van der Waals surface area contributed by atoms with Gasteiger partial charge in [-0.15, -0.1) is 0 Å². The Balaban J connectivity index is 2.29. The summed E-state index contributed by atoms with van der Waals surface area (Å²) in [4.78, 5) is 28.3. The standard InChI is InChI=1S/C16H11ClFN3O2S/c17-9-4-5-12-13(6-9)20-16(24-8-14(19)22)21(15(12)23)11-3-1-2-10(18)7-11/h1-7H,8H2,(H2,19,22). The summed E-state index contributed by atoms with van der Waals surface area (Å²) < 4.78 is 14.8. The molecule has 1 heterocycles. The minimum absolute atomic E-state index is 0.0617.